The SMILES string of the molecule is CNS(=O)(=O)C(C)(C)CC(C)(C)[SH](=O)=O. The maximum Gasteiger partial charge on any atom is 0.216 e. The van der Waals surface area contributed by atoms with Crippen molar-refractivity contribution in [1.82, 2.24) is 4.72 Å². The normalized spacial score (nSPS) is 14.5. The Morgan fingerprint density at radius 2 is 1.53 bits per heavy atom. The van der Waals surface area contributed by atoms with Gasteiger partial charge in [-0.2, -0.15) is 0 Å². The first kappa shape index (κ1) is 14.9. The van der Waals surface area contributed by atoms with E-state index in [2.05, 4.69) is 4.72 Å². The molecule has 0 aromatic carbocycles. The summed E-state index contributed by atoms with van der Waals surface area (Å²) in [5, 5.41) is 0. The average Bonchev–Trinajstić information content (AvgIpc) is 2.01. The first-order valence-corrected chi connectivity index (χ1v) is 7.20. The van der Waals surface area contributed by atoms with Crippen LogP contribution in [0.25, 0.3) is 0 Å². The zero-order valence-corrected chi connectivity index (χ0v) is 11.4. The largest absolute Gasteiger partial charge is 0.231 e. The van der Waals surface area contributed by atoms with Gasteiger partial charge in [0.2, 0.25) is 10.0 Å². The molecule has 92 valence electrons. The Kier molecular flexibility index (Phi) is 4.35. The van der Waals surface area contributed by atoms with Crippen molar-refractivity contribution in [3.63, 3.8) is 0 Å². The molecule has 0 heterocycles. The van der Waals surface area contributed by atoms with Gasteiger partial charge in [0.15, 0.2) is 0 Å². The highest BCUT2D eigenvalue weighted by atomic mass is 32.2. The molecule has 0 aliphatic rings. The maximum atomic E-state index is 11.6. The van der Waals surface area contributed by atoms with Crippen molar-refractivity contribution in [2.45, 2.75) is 43.6 Å². The van der Waals surface area contributed by atoms with Crippen LogP contribution in [-0.4, -0.2) is 33.4 Å². The van der Waals surface area contributed by atoms with E-state index in [1.165, 1.54) is 34.7 Å². The number of nitrogens with one attached hydrogen (secondary N) is 1. The molecule has 0 aromatic rings. The van der Waals surface area contributed by atoms with Gasteiger partial charge in [0.25, 0.3) is 0 Å². The number of hydrogen-bond acceptors (Lipinski definition) is 4. The summed E-state index contributed by atoms with van der Waals surface area (Å²) in [4.78, 5) is 0. The zero-order valence-electron chi connectivity index (χ0n) is 9.70. The van der Waals surface area contributed by atoms with Gasteiger partial charge in [0.05, 0.1) is 9.49 Å². The van der Waals surface area contributed by atoms with Gasteiger partial charge in [-0.3, -0.25) is 0 Å². The quantitative estimate of drug-likeness (QED) is 0.684. The van der Waals surface area contributed by atoms with Crippen LogP contribution in [0.2, 0.25) is 0 Å². The lowest BCUT2D eigenvalue weighted by Gasteiger charge is -2.30. The van der Waals surface area contributed by atoms with Crippen LogP contribution in [0.15, 0.2) is 0 Å². The minimum Gasteiger partial charge on any atom is -0.231 e. The molecular formula is C8H19NO4S2. The van der Waals surface area contributed by atoms with E-state index in [-0.39, 0.29) is 6.42 Å². The fourth-order valence-corrected chi connectivity index (χ4v) is 3.21. The van der Waals surface area contributed by atoms with E-state index >= 15 is 0 Å². The highest BCUT2D eigenvalue weighted by Crippen LogP contribution is 2.28. The lowest BCUT2D eigenvalue weighted by Crippen LogP contribution is -2.45. The summed E-state index contributed by atoms with van der Waals surface area (Å²) in [6, 6.07) is 0. The molecule has 1 N–H and O–H groups in total. The first-order chi connectivity index (χ1) is 6.46. The summed E-state index contributed by atoms with van der Waals surface area (Å²) >= 11 is 0. The Hall–Kier alpha value is -0.140. The van der Waals surface area contributed by atoms with Gasteiger partial charge in [0, 0.05) is 0 Å². The Morgan fingerprint density at radius 3 is 1.80 bits per heavy atom. The average molecular weight is 257 g/mol. The molecule has 5 nitrogen and oxygen atoms in total. The van der Waals surface area contributed by atoms with Gasteiger partial charge in [0.1, 0.15) is 10.7 Å². The summed E-state index contributed by atoms with van der Waals surface area (Å²) in [6.07, 6.45) is 0.0574. The summed E-state index contributed by atoms with van der Waals surface area (Å²) in [5.41, 5.74) is 0. The number of hydrogen-bond donors (Lipinski definition) is 2. The maximum absolute atomic E-state index is 11.6. The molecule has 0 unspecified atom stereocenters. The summed E-state index contributed by atoms with van der Waals surface area (Å²) < 4.78 is 45.2. The Morgan fingerprint density at radius 1 is 1.13 bits per heavy atom. The van der Waals surface area contributed by atoms with Crippen LogP contribution in [0.5, 0.6) is 0 Å². The van der Waals surface area contributed by atoms with Crippen molar-refractivity contribution in [1.29, 1.82) is 0 Å². The number of sulfonamides is 1. The van der Waals surface area contributed by atoms with Crippen LogP contribution in [0.4, 0.5) is 0 Å². The van der Waals surface area contributed by atoms with Crippen molar-refractivity contribution >= 4 is 20.7 Å². The van der Waals surface area contributed by atoms with E-state index < -0.39 is 30.2 Å². The zero-order chi connectivity index (χ0) is 12.5. The third-order valence-corrected chi connectivity index (χ3v) is 5.63. The van der Waals surface area contributed by atoms with E-state index in [1.54, 1.807) is 0 Å². The minimum absolute atomic E-state index is 0.0574. The first-order valence-electron chi connectivity index (χ1n) is 4.54. The fraction of sp³-hybridized carbons (Fsp3) is 1.00. The molecule has 7 heteroatoms. The molecule has 0 aliphatic carbocycles. The van der Waals surface area contributed by atoms with E-state index in [4.69, 9.17) is 0 Å². The number of rotatable bonds is 5. The monoisotopic (exact) mass is 257 g/mol. The third-order valence-electron chi connectivity index (χ3n) is 2.35. The molecule has 0 amide bonds. The van der Waals surface area contributed by atoms with Crippen LogP contribution in [0.1, 0.15) is 34.1 Å². The molecule has 0 spiro atoms. The number of thiol groups is 1. The Bertz CT molecular complexity index is 385. The van der Waals surface area contributed by atoms with Gasteiger partial charge in [-0.15, -0.1) is 0 Å². The molecule has 0 aliphatic heterocycles. The minimum atomic E-state index is -3.48. The van der Waals surface area contributed by atoms with Gasteiger partial charge in [-0.05, 0) is 41.2 Å². The molecule has 0 bridgehead atoms. The van der Waals surface area contributed by atoms with Crippen LogP contribution in [-0.2, 0) is 20.7 Å². The summed E-state index contributed by atoms with van der Waals surface area (Å²) in [5.74, 6) is 0. The van der Waals surface area contributed by atoms with E-state index in [0.717, 1.165) is 0 Å². The van der Waals surface area contributed by atoms with Crippen molar-refractivity contribution in [3.05, 3.63) is 0 Å². The Labute approximate surface area is 93.3 Å². The third kappa shape index (κ3) is 3.42. The van der Waals surface area contributed by atoms with Crippen molar-refractivity contribution in [3.8, 4) is 0 Å². The predicted octanol–water partition coefficient (Wildman–Crippen LogP) is 0.0943. The highest BCUT2D eigenvalue weighted by Gasteiger charge is 2.40. The van der Waals surface area contributed by atoms with E-state index in [1.807, 2.05) is 0 Å². The van der Waals surface area contributed by atoms with Crippen molar-refractivity contribution < 1.29 is 16.8 Å². The summed E-state index contributed by atoms with van der Waals surface area (Å²) in [7, 11) is -4.81. The lowest BCUT2D eigenvalue weighted by atomic mass is 9.99. The van der Waals surface area contributed by atoms with Gasteiger partial charge in [-0.1, -0.05) is 0 Å². The van der Waals surface area contributed by atoms with E-state index in [0.29, 0.717) is 0 Å². The standard InChI is InChI=1S/C8H19NO4S2/c1-7(2,14(10)11)6-8(3,4)15(12,13)9-5/h9,14H,6H2,1-5H3. The smallest absolute Gasteiger partial charge is 0.216 e. The summed E-state index contributed by atoms with van der Waals surface area (Å²) in [6.45, 7) is 6.07. The lowest BCUT2D eigenvalue weighted by molar-refractivity contribution is 0.465. The van der Waals surface area contributed by atoms with Crippen molar-refractivity contribution in [2.75, 3.05) is 7.05 Å². The molecule has 0 saturated carbocycles. The molecule has 0 radical (unpaired) electrons. The van der Waals surface area contributed by atoms with Crippen LogP contribution in [0, 0.1) is 0 Å². The van der Waals surface area contributed by atoms with Crippen LogP contribution in [0.3, 0.4) is 0 Å². The highest BCUT2D eigenvalue weighted by molar-refractivity contribution is 7.90. The molecule has 0 atom stereocenters. The molecular weight excluding hydrogens is 238 g/mol. The second-order valence-corrected chi connectivity index (χ2v) is 8.96. The predicted molar refractivity (Wildman–Crippen MR) is 61.1 cm³/mol. The Balaban J connectivity index is 5.13. The van der Waals surface area contributed by atoms with Crippen molar-refractivity contribution in [2.24, 2.45) is 0 Å². The van der Waals surface area contributed by atoms with E-state index in [9.17, 15) is 16.8 Å². The van der Waals surface area contributed by atoms with Crippen LogP contribution < -0.4 is 4.72 Å². The van der Waals surface area contributed by atoms with Crippen LogP contribution >= 0.6 is 0 Å². The second kappa shape index (κ2) is 4.39. The molecule has 0 rings (SSSR count). The van der Waals surface area contributed by atoms with Gasteiger partial charge >= 0.3 is 0 Å². The molecule has 0 saturated heterocycles. The topological polar surface area (TPSA) is 80.3 Å². The molecule has 0 fully saturated rings. The van der Waals surface area contributed by atoms with Gasteiger partial charge < -0.3 is 0 Å². The second-order valence-electron chi connectivity index (χ2n) is 4.71. The van der Waals surface area contributed by atoms with Gasteiger partial charge in [-0.25, -0.2) is 21.6 Å². The fourth-order valence-electron chi connectivity index (χ4n) is 1.48. The molecule has 15 heavy (non-hydrogen) atoms. The molecule has 0 aromatic heterocycles.